The molecule has 0 rings (SSSR count). The van der Waals surface area contributed by atoms with Crippen LogP contribution in [0.1, 0.15) is 12.8 Å². The topological polar surface area (TPSA) is 143 Å². The number of carboxylic acid groups (broad SMARTS) is 1. The van der Waals surface area contributed by atoms with Gasteiger partial charge in [-0.1, -0.05) is 0 Å². The van der Waals surface area contributed by atoms with Crippen molar-refractivity contribution in [2.24, 2.45) is 0 Å². The van der Waals surface area contributed by atoms with Crippen molar-refractivity contribution < 1.29 is 52.9 Å². The quantitative estimate of drug-likeness (QED) is 0.130. The van der Waals surface area contributed by atoms with E-state index in [9.17, 15) is 4.79 Å². The van der Waals surface area contributed by atoms with Gasteiger partial charge in [-0.2, -0.15) is 0 Å². The molecule has 0 saturated heterocycles. The molecule has 0 fully saturated rings. The lowest BCUT2D eigenvalue weighted by molar-refractivity contribution is -0.0238. The Morgan fingerprint density at radius 3 is 1.09 bits per heavy atom. The first-order valence-corrected chi connectivity index (χ1v) is 11.5. The van der Waals surface area contributed by atoms with Gasteiger partial charge in [0.25, 0.3) is 0 Å². The minimum absolute atomic E-state index is 0.0238. The first-order valence-electron chi connectivity index (χ1n) is 11.5. The minimum Gasteiger partial charge on any atom is -0.465 e. The van der Waals surface area contributed by atoms with Crippen molar-refractivity contribution in [2.75, 3.05) is 119 Å². The van der Waals surface area contributed by atoms with Gasteiger partial charge in [0.1, 0.15) is 0 Å². The van der Waals surface area contributed by atoms with E-state index in [0.717, 1.165) is 12.8 Å². The van der Waals surface area contributed by atoms with Crippen molar-refractivity contribution in [3.05, 3.63) is 0 Å². The average molecular weight is 486 g/mol. The molecule has 198 valence electrons. The van der Waals surface area contributed by atoms with Crippen molar-refractivity contribution in [1.29, 1.82) is 0 Å². The largest absolute Gasteiger partial charge is 0.465 e. The second-order valence-electron chi connectivity index (χ2n) is 6.56. The molecule has 1 amide bonds. The molecule has 3 N–H and O–H groups in total. The minimum atomic E-state index is -0.998. The van der Waals surface area contributed by atoms with E-state index < -0.39 is 6.09 Å². The molecule has 0 aliphatic rings. The van der Waals surface area contributed by atoms with Crippen molar-refractivity contribution in [1.82, 2.24) is 5.32 Å². The summed E-state index contributed by atoms with van der Waals surface area (Å²) in [5, 5.41) is 19.3. The zero-order valence-electron chi connectivity index (χ0n) is 19.7. The second-order valence-corrected chi connectivity index (χ2v) is 6.56. The number of hydrogen-bond acceptors (Lipinski definition) is 10. The number of unbranched alkanes of at least 4 members (excludes halogenated alkanes) is 1. The van der Waals surface area contributed by atoms with E-state index in [-0.39, 0.29) is 6.61 Å². The summed E-state index contributed by atoms with van der Waals surface area (Å²) in [6, 6.07) is 0. The summed E-state index contributed by atoms with van der Waals surface area (Å²) in [5.74, 6) is 0. The van der Waals surface area contributed by atoms with Crippen LogP contribution < -0.4 is 5.32 Å². The summed E-state index contributed by atoms with van der Waals surface area (Å²) in [6.45, 7) is 8.36. The Hall–Kier alpha value is -1.09. The molecule has 0 radical (unpaired) electrons. The zero-order valence-corrected chi connectivity index (χ0v) is 19.7. The van der Waals surface area contributed by atoms with Gasteiger partial charge in [0.2, 0.25) is 0 Å². The zero-order chi connectivity index (χ0) is 24.1. The third kappa shape index (κ3) is 30.9. The van der Waals surface area contributed by atoms with E-state index in [2.05, 4.69) is 5.32 Å². The van der Waals surface area contributed by atoms with Gasteiger partial charge < -0.3 is 53.4 Å². The molecule has 12 nitrogen and oxygen atoms in total. The van der Waals surface area contributed by atoms with Crippen molar-refractivity contribution in [3.8, 4) is 0 Å². The predicted molar refractivity (Wildman–Crippen MR) is 119 cm³/mol. The highest BCUT2D eigenvalue weighted by Crippen LogP contribution is 1.90. The van der Waals surface area contributed by atoms with Crippen molar-refractivity contribution >= 4 is 6.09 Å². The van der Waals surface area contributed by atoms with Gasteiger partial charge in [-0.25, -0.2) is 4.79 Å². The summed E-state index contributed by atoms with van der Waals surface area (Å²) in [5.41, 5.74) is 0. The van der Waals surface area contributed by atoms with Gasteiger partial charge in [0, 0.05) is 13.2 Å². The maximum atomic E-state index is 10.3. The maximum absolute atomic E-state index is 10.3. The Balaban J connectivity index is 3.01. The number of aliphatic hydroxyl groups is 1. The van der Waals surface area contributed by atoms with E-state index in [0.29, 0.717) is 112 Å². The molecular weight excluding hydrogens is 442 g/mol. The molecule has 33 heavy (non-hydrogen) atoms. The molecule has 0 saturated carbocycles. The van der Waals surface area contributed by atoms with Gasteiger partial charge in [-0.05, 0) is 12.8 Å². The number of rotatable bonds is 28. The number of amides is 1. The standard InChI is InChI=1S/C21H43NO11/c23-4-6-27-8-10-29-12-14-31-16-18-33-20-19-32-17-15-30-13-11-28-9-7-26-5-2-1-3-22-21(24)25/h22-23H,1-20H2,(H,24,25). The fourth-order valence-corrected chi connectivity index (χ4v) is 2.23. The first kappa shape index (κ1) is 31.9. The summed E-state index contributed by atoms with van der Waals surface area (Å²) < 4.78 is 42.7. The van der Waals surface area contributed by atoms with E-state index in [1.54, 1.807) is 0 Å². The highest BCUT2D eigenvalue weighted by atomic mass is 16.6. The number of carbonyl (C=O) groups is 1. The lowest BCUT2D eigenvalue weighted by Crippen LogP contribution is -2.22. The number of hydrogen-bond donors (Lipinski definition) is 3. The van der Waals surface area contributed by atoms with Crippen molar-refractivity contribution in [2.45, 2.75) is 12.8 Å². The molecule has 0 spiro atoms. The SMILES string of the molecule is O=C(O)NCCCCOCCOCCOCCOCCOCCOCCOCCOCCO. The van der Waals surface area contributed by atoms with Crippen LogP contribution in [0, 0.1) is 0 Å². The number of aliphatic hydroxyl groups excluding tert-OH is 1. The van der Waals surface area contributed by atoms with Crippen LogP contribution in [0.15, 0.2) is 0 Å². The lowest BCUT2D eigenvalue weighted by atomic mass is 10.3. The molecule has 0 aromatic heterocycles. The van der Waals surface area contributed by atoms with Gasteiger partial charge >= 0.3 is 6.09 Å². The molecular formula is C21H43NO11. The summed E-state index contributed by atoms with van der Waals surface area (Å²) >= 11 is 0. The first-order chi connectivity index (χ1) is 16.3. The lowest BCUT2D eigenvalue weighted by Gasteiger charge is -2.08. The number of ether oxygens (including phenoxy) is 8. The summed E-state index contributed by atoms with van der Waals surface area (Å²) in [7, 11) is 0. The van der Waals surface area contributed by atoms with Crippen LogP contribution in [0.25, 0.3) is 0 Å². The van der Waals surface area contributed by atoms with E-state index in [4.69, 9.17) is 48.1 Å². The van der Waals surface area contributed by atoms with Crippen LogP contribution in [0.5, 0.6) is 0 Å². The van der Waals surface area contributed by atoms with Crippen LogP contribution in [0.4, 0.5) is 4.79 Å². The third-order valence-electron chi connectivity index (χ3n) is 3.83. The summed E-state index contributed by atoms with van der Waals surface area (Å²) in [4.78, 5) is 10.3. The molecule has 0 heterocycles. The molecule has 0 atom stereocenters. The van der Waals surface area contributed by atoms with Crippen LogP contribution in [0.2, 0.25) is 0 Å². The summed E-state index contributed by atoms with van der Waals surface area (Å²) in [6.07, 6.45) is 0.563. The molecule has 0 unspecified atom stereocenters. The van der Waals surface area contributed by atoms with Gasteiger partial charge in [-0.15, -0.1) is 0 Å². The monoisotopic (exact) mass is 485 g/mol. The maximum Gasteiger partial charge on any atom is 0.404 e. The Morgan fingerprint density at radius 1 is 0.485 bits per heavy atom. The second kappa shape index (κ2) is 28.9. The normalized spacial score (nSPS) is 11.2. The molecule has 0 aliphatic heterocycles. The van der Waals surface area contributed by atoms with Crippen LogP contribution in [-0.4, -0.2) is 135 Å². The van der Waals surface area contributed by atoms with Crippen LogP contribution >= 0.6 is 0 Å². The fraction of sp³-hybridized carbons (Fsp3) is 0.952. The Morgan fingerprint density at radius 2 is 0.788 bits per heavy atom. The van der Waals surface area contributed by atoms with E-state index in [1.807, 2.05) is 0 Å². The molecule has 0 aromatic rings. The van der Waals surface area contributed by atoms with Crippen LogP contribution in [0.3, 0.4) is 0 Å². The van der Waals surface area contributed by atoms with E-state index in [1.165, 1.54) is 0 Å². The smallest absolute Gasteiger partial charge is 0.404 e. The van der Waals surface area contributed by atoms with Gasteiger partial charge in [0.05, 0.1) is 106 Å². The van der Waals surface area contributed by atoms with Crippen molar-refractivity contribution in [3.63, 3.8) is 0 Å². The third-order valence-corrected chi connectivity index (χ3v) is 3.83. The predicted octanol–water partition coefficient (Wildman–Crippen LogP) is 0.159. The Bertz CT molecular complexity index is 391. The highest BCUT2D eigenvalue weighted by Gasteiger charge is 1.96. The average Bonchev–Trinajstić information content (AvgIpc) is 2.80. The Labute approximate surface area is 196 Å². The van der Waals surface area contributed by atoms with Gasteiger partial charge in [-0.3, -0.25) is 0 Å². The molecule has 0 aliphatic carbocycles. The highest BCUT2D eigenvalue weighted by molar-refractivity contribution is 5.64. The molecule has 0 bridgehead atoms. The van der Waals surface area contributed by atoms with E-state index >= 15 is 0 Å². The Kier molecular flexibility index (Phi) is 28.0. The molecule has 12 heteroatoms. The molecule has 0 aromatic carbocycles. The fourth-order valence-electron chi connectivity index (χ4n) is 2.23. The number of nitrogens with one attached hydrogen (secondary N) is 1. The van der Waals surface area contributed by atoms with Gasteiger partial charge in [0.15, 0.2) is 0 Å². The van der Waals surface area contributed by atoms with Crippen LogP contribution in [-0.2, 0) is 37.9 Å².